The molecule has 0 aliphatic rings. The summed E-state index contributed by atoms with van der Waals surface area (Å²) < 4.78 is 12.5. The standard InChI is InChI=1S/C15H15N3O4/c1-9(2)22-12-5-4-6-18-11(7-10(8-16)15(19)20)14(21-3)17-13(12)18/h4-7,9H,1-3H3,(H,19,20)/b10-7+. The summed E-state index contributed by atoms with van der Waals surface area (Å²) in [4.78, 5) is 15.3. The molecule has 0 amide bonds. The molecule has 0 aromatic carbocycles. The second kappa shape index (κ2) is 6.18. The van der Waals surface area contributed by atoms with Gasteiger partial charge in [-0.15, -0.1) is 0 Å². The predicted molar refractivity (Wildman–Crippen MR) is 78.7 cm³/mol. The number of imidazole rings is 1. The van der Waals surface area contributed by atoms with Crippen molar-refractivity contribution in [3.8, 4) is 17.7 Å². The van der Waals surface area contributed by atoms with Crippen LogP contribution in [-0.2, 0) is 4.79 Å². The molecule has 0 spiro atoms. The summed E-state index contributed by atoms with van der Waals surface area (Å²) in [6.45, 7) is 3.78. The summed E-state index contributed by atoms with van der Waals surface area (Å²) in [5, 5.41) is 17.9. The van der Waals surface area contributed by atoms with Crippen LogP contribution in [0, 0.1) is 11.3 Å². The van der Waals surface area contributed by atoms with Crippen molar-refractivity contribution in [1.29, 1.82) is 5.26 Å². The number of rotatable bonds is 5. The number of hydrogen-bond acceptors (Lipinski definition) is 5. The maximum Gasteiger partial charge on any atom is 0.346 e. The Bertz CT molecular complexity index is 784. The number of carboxylic acid groups (broad SMARTS) is 1. The maximum atomic E-state index is 11.0. The van der Waals surface area contributed by atoms with Gasteiger partial charge in [0, 0.05) is 6.20 Å². The molecule has 114 valence electrons. The van der Waals surface area contributed by atoms with E-state index in [0.717, 1.165) is 0 Å². The first-order chi connectivity index (χ1) is 10.5. The third-order valence-corrected chi connectivity index (χ3v) is 2.81. The van der Waals surface area contributed by atoms with E-state index in [1.54, 1.807) is 28.8 Å². The van der Waals surface area contributed by atoms with Crippen molar-refractivity contribution in [2.75, 3.05) is 7.11 Å². The van der Waals surface area contributed by atoms with Gasteiger partial charge in [0.2, 0.25) is 5.88 Å². The minimum atomic E-state index is -1.31. The highest BCUT2D eigenvalue weighted by atomic mass is 16.5. The van der Waals surface area contributed by atoms with E-state index in [-0.39, 0.29) is 12.0 Å². The third-order valence-electron chi connectivity index (χ3n) is 2.81. The van der Waals surface area contributed by atoms with E-state index in [0.29, 0.717) is 17.1 Å². The van der Waals surface area contributed by atoms with E-state index in [2.05, 4.69) is 4.98 Å². The van der Waals surface area contributed by atoms with Crippen LogP contribution in [0.2, 0.25) is 0 Å². The number of ether oxygens (including phenoxy) is 2. The van der Waals surface area contributed by atoms with Crippen LogP contribution in [0.15, 0.2) is 23.9 Å². The van der Waals surface area contributed by atoms with Crippen molar-refractivity contribution in [3.05, 3.63) is 29.6 Å². The van der Waals surface area contributed by atoms with Crippen molar-refractivity contribution in [2.24, 2.45) is 0 Å². The number of carbonyl (C=O) groups is 1. The monoisotopic (exact) mass is 301 g/mol. The Kier molecular flexibility index (Phi) is 4.32. The lowest BCUT2D eigenvalue weighted by molar-refractivity contribution is -0.132. The zero-order chi connectivity index (χ0) is 16.3. The lowest BCUT2D eigenvalue weighted by atomic mass is 10.2. The number of nitrogens with zero attached hydrogens (tertiary/aromatic N) is 3. The fraction of sp³-hybridized carbons (Fsp3) is 0.267. The first-order valence-electron chi connectivity index (χ1n) is 6.54. The van der Waals surface area contributed by atoms with Crippen molar-refractivity contribution in [1.82, 2.24) is 9.38 Å². The van der Waals surface area contributed by atoms with Crippen molar-refractivity contribution >= 4 is 17.7 Å². The summed E-state index contributed by atoms with van der Waals surface area (Å²) in [5.41, 5.74) is 0.447. The highest BCUT2D eigenvalue weighted by Crippen LogP contribution is 2.28. The number of aromatic nitrogens is 2. The fourth-order valence-electron chi connectivity index (χ4n) is 1.95. The van der Waals surface area contributed by atoms with Crippen molar-refractivity contribution < 1.29 is 19.4 Å². The summed E-state index contributed by atoms with van der Waals surface area (Å²) in [5.74, 6) is -0.549. The zero-order valence-corrected chi connectivity index (χ0v) is 12.4. The van der Waals surface area contributed by atoms with Gasteiger partial charge < -0.3 is 14.6 Å². The third kappa shape index (κ3) is 2.86. The summed E-state index contributed by atoms with van der Waals surface area (Å²) in [6.07, 6.45) is 2.88. The minimum Gasteiger partial charge on any atom is -0.487 e. The second-order valence-corrected chi connectivity index (χ2v) is 4.71. The molecule has 0 saturated carbocycles. The number of methoxy groups -OCH3 is 1. The SMILES string of the molecule is COc1nc2c(OC(C)C)cccn2c1/C=C(\C#N)C(=O)O. The topological polar surface area (TPSA) is 96.9 Å². The number of nitriles is 1. The van der Waals surface area contributed by atoms with Gasteiger partial charge in [0.15, 0.2) is 11.4 Å². The van der Waals surface area contributed by atoms with Crippen LogP contribution in [-0.4, -0.2) is 33.7 Å². The molecule has 0 unspecified atom stereocenters. The van der Waals surface area contributed by atoms with Crippen LogP contribution in [0.4, 0.5) is 0 Å². The fourth-order valence-corrected chi connectivity index (χ4v) is 1.95. The Morgan fingerprint density at radius 2 is 2.27 bits per heavy atom. The lowest BCUT2D eigenvalue weighted by Gasteiger charge is -2.10. The van der Waals surface area contributed by atoms with Gasteiger partial charge in [-0.1, -0.05) is 0 Å². The molecule has 2 aromatic heterocycles. The highest BCUT2D eigenvalue weighted by Gasteiger charge is 2.17. The first-order valence-corrected chi connectivity index (χ1v) is 6.54. The van der Waals surface area contributed by atoms with E-state index < -0.39 is 11.5 Å². The van der Waals surface area contributed by atoms with Gasteiger partial charge in [0.05, 0.1) is 13.2 Å². The van der Waals surface area contributed by atoms with Crippen molar-refractivity contribution in [2.45, 2.75) is 20.0 Å². The van der Waals surface area contributed by atoms with Gasteiger partial charge in [0.1, 0.15) is 17.3 Å². The molecule has 0 atom stereocenters. The molecule has 0 bridgehead atoms. The Hall–Kier alpha value is -3.01. The molecule has 0 saturated heterocycles. The van der Waals surface area contributed by atoms with Gasteiger partial charge in [-0.3, -0.25) is 4.40 Å². The van der Waals surface area contributed by atoms with Crippen LogP contribution < -0.4 is 9.47 Å². The van der Waals surface area contributed by atoms with Crippen LogP contribution in [0.1, 0.15) is 19.5 Å². The predicted octanol–water partition coefficient (Wildman–Crippen LogP) is 2.12. The maximum absolute atomic E-state index is 11.0. The van der Waals surface area contributed by atoms with E-state index in [4.69, 9.17) is 19.8 Å². The normalized spacial score (nSPS) is 11.5. The summed E-state index contributed by atoms with van der Waals surface area (Å²) in [7, 11) is 1.43. The molecule has 2 rings (SSSR count). The molecule has 7 nitrogen and oxygen atoms in total. The van der Waals surface area contributed by atoms with Gasteiger partial charge >= 0.3 is 5.97 Å². The van der Waals surface area contributed by atoms with Gasteiger partial charge in [-0.25, -0.2) is 4.79 Å². The molecule has 1 N–H and O–H groups in total. The largest absolute Gasteiger partial charge is 0.487 e. The van der Waals surface area contributed by atoms with Crippen molar-refractivity contribution in [3.63, 3.8) is 0 Å². The smallest absolute Gasteiger partial charge is 0.346 e. The molecule has 0 fully saturated rings. The molecule has 0 aliphatic heterocycles. The first kappa shape index (κ1) is 15.4. The quantitative estimate of drug-likeness (QED) is 0.671. The summed E-state index contributed by atoms with van der Waals surface area (Å²) in [6, 6.07) is 5.14. The summed E-state index contributed by atoms with van der Waals surface area (Å²) >= 11 is 0. The Labute approximate surface area is 127 Å². The Morgan fingerprint density at radius 3 is 2.82 bits per heavy atom. The number of fused-ring (bicyclic) bond motifs is 1. The van der Waals surface area contributed by atoms with Gasteiger partial charge in [-0.05, 0) is 32.1 Å². The molecule has 22 heavy (non-hydrogen) atoms. The molecule has 2 heterocycles. The van der Waals surface area contributed by atoms with E-state index in [1.807, 2.05) is 13.8 Å². The molecular weight excluding hydrogens is 286 g/mol. The average molecular weight is 301 g/mol. The minimum absolute atomic E-state index is 0.0402. The van der Waals surface area contributed by atoms with Gasteiger partial charge in [-0.2, -0.15) is 10.2 Å². The van der Waals surface area contributed by atoms with Gasteiger partial charge in [0.25, 0.3) is 0 Å². The molecule has 2 aromatic rings. The van der Waals surface area contributed by atoms with E-state index >= 15 is 0 Å². The van der Waals surface area contributed by atoms with Crippen LogP contribution in [0.25, 0.3) is 11.7 Å². The molecular formula is C15H15N3O4. The highest BCUT2D eigenvalue weighted by molar-refractivity contribution is 5.96. The Morgan fingerprint density at radius 1 is 1.55 bits per heavy atom. The second-order valence-electron chi connectivity index (χ2n) is 4.71. The number of aliphatic carboxylic acids is 1. The molecule has 0 aliphatic carbocycles. The number of hydrogen-bond donors (Lipinski definition) is 1. The Balaban J connectivity index is 2.69. The number of carboxylic acids is 1. The van der Waals surface area contributed by atoms with E-state index in [9.17, 15) is 4.79 Å². The molecule has 7 heteroatoms. The van der Waals surface area contributed by atoms with E-state index in [1.165, 1.54) is 13.2 Å². The molecule has 0 radical (unpaired) electrons. The average Bonchev–Trinajstić information content (AvgIpc) is 2.82. The van der Waals surface area contributed by atoms with Crippen LogP contribution in [0.5, 0.6) is 11.6 Å². The zero-order valence-electron chi connectivity index (χ0n) is 12.4. The van der Waals surface area contributed by atoms with Crippen LogP contribution >= 0.6 is 0 Å². The number of pyridine rings is 1. The van der Waals surface area contributed by atoms with Crippen LogP contribution in [0.3, 0.4) is 0 Å². The lowest BCUT2D eigenvalue weighted by Crippen LogP contribution is -2.06.